The molecule has 0 spiro atoms. The largest absolute Gasteiger partial charge is 0.480 e. The van der Waals surface area contributed by atoms with Crippen LogP contribution in [0.25, 0.3) is 0 Å². The zero-order valence-electron chi connectivity index (χ0n) is 39.9. The molecule has 3 unspecified atom stereocenters. The van der Waals surface area contributed by atoms with Crippen molar-refractivity contribution in [3.05, 3.63) is 72.9 Å². The number of phosphoric ester groups is 1. The minimum atomic E-state index is -4.63. The fourth-order valence-electron chi connectivity index (χ4n) is 6.63. The summed E-state index contributed by atoms with van der Waals surface area (Å²) in [6.07, 6.45) is 59.6. The highest BCUT2D eigenvalue weighted by Crippen LogP contribution is 2.43. The van der Waals surface area contributed by atoms with Crippen LogP contribution in [-0.4, -0.2) is 60.5 Å². The van der Waals surface area contributed by atoms with Gasteiger partial charge in [0, 0.05) is 13.0 Å². The van der Waals surface area contributed by atoms with Gasteiger partial charge in [-0.3, -0.25) is 18.6 Å². The predicted octanol–water partition coefficient (Wildman–Crippen LogP) is 14.5. The molecule has 0 aromatic rings. The van der Waals surface area contributed by atoms with Crippen LogP contribution in [-0.2, 0) is 32.7 Å². The molecule has 0 heterocycles. The van der Waals surface area contributed by atoms with Crippen LogP contribution in [0.3, 0.4) is 0 Å². The van der Waals surface area contributed by atoms with E-state index in [9.17, 15) is 19.0 Å². The summed E-state index contributed by atoms with van der Waals surface area (Å²) in [7, 11) is -4.63. The average molecular weight is 906 g/mol. The molecule has 0 aliphatic rings. The molecular formula is C52H92NO9P. The molecule has 0 aromatic heterocycles. The second-order valence-corrected chi connectivity index (χ2v) is 18.0. The molecule has 0 aliphatic heterocycles. The third-order valence-corrected chi connectivity index (χ3v) is 11.4. The maximum absolute atomic E-state index is 12.7. The van der Waals surface area contributed by atoms with E-state index in [0.717, 1.165) is 83.5 Å². The van der Waals surface area contributed by atoms with Crippen LogP contribution in [0, 0.1) is 0 Å². The van der Waals surface area contributed by atoms with Gasteiger partial charge in [0.2, 0.25) is 0 Å². The average Bonchev–Trinajstić information content (AvgIpc) is 3.26. The highest BCUT2D eigenvalue weighted by atomic mass is 31.2. The molecule has 4 N–H and O–H groups in total. The number of carbonyl (C=O) groups is 2. The number of hydrogen-bond acceptors (Lipinski definition) is 8. The normalized spacial score (nSPS) is 14.3. The van der Waals surface area contributed by atoms with E-state index in [4.69, 9.17) is 29.4 Å². The number of unbranched alkanes of at least 4 members (excludes halogenated alkanes) is 21. The Hall–Kier alpha value is -2.59. The first-order valence-electron chi connectivity index (χ1n) is 25.0. The standard InChI is InChI=1S/C52H92NO9P/c1-3-5-7-9-11-13-15-17-19-21-23-25-26-28-30-32-34-36-38-40-42-44-51(54)62-49(47-60-63(57,58)61-48-50(53)52(55)56)46-59-45-43-41-39-37-35-33-31-29-27-24-22-20-18-16-14-12-10-8-6-4-2/h6,8,12,14,18,20-21,23-24,27,31,33,49-50H,3-5,7,9-11,13,15-17,19,22,25-26,28-30,32,34-48,53H2,1-2H3,(H,55,56)(H,57,58)/b8-6-,14-12-,20-18-,23-21-,27-24-,33-31-. The van der Waals surface area contributed by atoms with Gasteiger partial charge in [0.1, 0.15) is 12.1 Å². The smallest absolute Gasteiger partial charge is 0.472 e. The maximum Gasteiger partial charge on any atom is 0.472 e. The topological polar surface area (TPSA) is 155 Å². The number of allylic oxidation sites excluding steroid dienone is 12. The van der Waals surface area contributed by atoms with Crippen molar-refractivity contribution in [2.75, 3.05) is 26.4 Å². The van der Waals surface area contributed by atoms with Crippen LogP contribution in [0.5, 0.6) is 0 Å². The molecule has 364 valence electrons. The van der Waals surface area contributed by atoms with Crippen molar-refractivity contribution >= 4 is 19.8 Å². The van der Waals surface area contributed by atoms with Gasteiger partial charge in [0.15, 0.2) is 0 Å². The minimum absolute atomic E-state index is 0.00396. The Morgan fingerprint density at radius 2 is 0.921 bits per heavy atom. The van der Waals surface area contributed by atoms with Gasteiger partial charge in [-0.15, -0.1) is 0 Å². The van der Waals surface area contributed by atoms with Crippen LogP contribution in [0.2, 0.25) is 0 Å². The molecule has 0 aromatic carbocycles. The minimum Gasteiger partial charge on any atom is -0.480 e. The van der Waals surface area contributed by atoms with Crippen molar-refractivity contribution < 1.29 is 42.7 Å². The fourth-order valence-corrected chi connectivity index (χ4v) is 7.40. The third-order valence-electron chi connectivity index (χ3n) is 10.5. The van der Waals surface area contributed by atoms with E-state index in [0.29, 0.717) is 13.0 Å². The van der Waals surface area contributed by atoms with Crippen molar-refractivity contribution in [3.63, 3.8) is 0 Å². The Balaban J connectivity index is 4.22. The molecule has 0 fully saturated rings. The predicted molar refractivity (Wildman–Crippen MR) is 263 cm³/mol. The van der Waals surface area contributed by atoms with E-state index in [1.54, 1.807) is 0 Å². The molecule has 0 radical (unpaired) electrons. The SMILES string of the molecule is CC/C=C\C/C=C\C/C=C\C/C=C\C/C=C\CCCCCCOCC(COP(=O)(O)OCC(N)C(=O)O)OC(=O)CCCCCCCCCCC/C=C\CCCCCCCCCC. The number of carboxylic acid groups (broad SMARTS) is 1. The lowest BCUT2D eigenvalue weighted by atomic mass is 10.1. The highest BCUT2D eigenvalue weighted by molar-refractivity contribution is 7.47. The van der Waals surface area contributed by atoms with E-state index in [-0.39, 0.29) is 13.0 Å². The Morgan fingerprint density at radius 3 is 1.40 bits per heavy atom. The number of hydrogen-bond donors (Lipinski definition) is 3. The first-order chi connectivity index (χ1) is 30.7. The summed E-state index contributed by atoms with van der Waals surface area (Å²) in [5.74, 6) is -1.79. The van der Waals surface area contributed by atoms with Gasteiger partial charge in [-0.25, -0.2) is 4.57 Å². The Morgan fingerprint density at radius 1 is 0.524 bits per heavy atom. The number of carbonyl (C=O) groups excluding carboxylic acids is 1. The summed E-state index contributed by atoms with van der Waals surface area (Å²) < 4.78 is 33.5. The van der Waals surface area contributed by atoms with E-state index in [1.165, 1.54) is 96.3 Å². The lowest BCUT2D eigenvalue weighted by molar-refractivity contribution is -0.154. The lowest BCUT2D eigenvalue weighted by Gasteiger charge is -2.20. The summed E-state index contributed by atoms with van der Waals surface area (Å²) >= 11 is 0. The van der Waals surface area contributed by atoms with E-state index in [2.05, 4.69) is 86.8 Å². The lowest BCUT2D eigenvalue weighted by Crippen LogP contribution is -2.34. The van der Waals surface area contributed by atoms with Gasteiger partial charge in [-0.1, -0.05) is 189 Å². The summed E-state index contributed by atoms with van der Waals surface area (Å²) in [4.78, 5) is 33.7. The molecule has 0 saturated heterocycles. The fraction of sp³-hybridized carbons (Fsp3) is 0.731. The number of phosphoric acid groups is 1. The van der Waals surface area contributed by atoms with Crippen molar-refractivity contribution in [2.24, 2.45) is 5.73 Å². The molecule has 0 saturated carbocycles. The molecule has 0 amide bonds. The maximum atomic E-state index is 12.7. The molecule has 3 atom stereocenters. The van der Waals surface area contributed by atoms with Crippen LogP contribution < -0.4 is 5.73 Å². The van der Waals surface area contributed by atoms with Gasteiger partial charge < -0.3 is 25.2 Å². The number of aliphatic carboxylic acids is 1. The second-order valence-electron chi connectivity index (χ2n) is 16.6. The summed E-state index contributed by atoms with van der Waals surface area (Å²) in [5.41, 5.74) is 5.37. The first kappa shape index (κ1) is 60.4. The Bertz CT molecular complexity index is 1280. The van der Waals surface area contributed by atoms with Crippen LogP contribution in [0.1, 0.15) is 206 Å². The van der Waals surface area contributed by atoms with Crippen molar-refractivity contribution in [1.82, 2.24) is 0 Å². The Labute approximate surface area is 384 Å². The monoisotopic (exact) mass is 906 g/mol. The van der Waals surface area contributed by atoms with Gasteiger partial charge in [-0.2, -0.15) is 0 Å². The van der Waals surface area contributed by atoms with Crippen molar-refractivity contribution in [3.8, 4) is 0 Å². The van der Waals surface area contributed by atoms with Gasteiger partial charge >= 0.3 is 19.8 Å². The number of carboxylic acids is 1. The van der Waals surface area contributed by atoms with Crippen LogP contribution >= 0.6 is 7.82 Å². The summed E-state index contributed by atoms with van der Waals surface area (Å²) in [6, 6.07) is -1.48. The van der Waals surface area contributed by atoms with Gasteiger partial charge in [-0.05, 0) is 83.5 Å². The molecule has 0 bridgehead atoms. The first-order valence-corrected chi connectivity index (χ1v) is 26.5. The molecule has 11 heteroatoms. The van der Waals surface area contributed by atoms with Crippen molar-refractivity contribution in [2.45, 2.75) is 219 Å². The van der Waals surface area contributed by atoms with E-state index < -0.39 is 45.1 Å². The number of rotatable bonds is 47. The number of nitrogens with two attached hydrogens (primary N) is 1. The van der Waals surface area contributed by atoms with Gasteiger partial charge in [0.05, 0.1) is 19.8 Å². The van der Waals surface area contributed by atoms with Crippen LogP contribution in [0.15, 0.2) is 72.9 Å². The van der Waals surface area contributed by atoms with E-state index in [1.807, 2.05) is 0 Å². The number of esters is 1. The summed E-state index contributed by atoms with van der Waals surface area (Å²) in [5, 5.41) is 8.92. The van der Waals surface area contributed by atoms with E-state index >= 15 is 0 Å². The molecular weight excluding hydrogens is 814 g/mol. The Kier molecular flexibility index (Phi) is 45.4. The quantitative estimate of drug-likeness (QED) is 0.0233. The molecule has 0 rings (SSSR count). The van der Waals surface area contributed by atoms with Crippen LogP contribution in [0.4, 0.5) is 0 Å². The van der Waals surface area contributed by atoms with Crippen molar-refractivity contribution in [1.29, 1.82) is 0 Å². The molecule has 0 aliphatic carbocycles. The highest BCUT2D eigenvalue weighted by Gasteiger charge is 2.27. The third kappa shape index (κ3) is 47.2. The summed E-state index contributed by atoms with van der Waals surface area (Å²) in [6.45, 7) is 3.71. The zero-order chi connectivity index (χ0) is 46.2. The second kappa shape index (κ2) is 47.4. The molecule has 10 nitrogen and oxygen atoms in total. The van der Waals surface area contributed by atoms with Gasteiger partial charge in [0.25, 0.3) is 0 Å². The molecule has 63 heavy (non-hydrogen) atoms. The number of ether oxygens (including phenoxy) is 2. The zero-order valence-corrected chi connectivity index (χ0v) is 40.8.